The largest absolute Gasteiger partial charge is 0.394 e. The van der Waals surface area contributed by atoms with Gasteiger partial charge in [0.15, 0.2) is 0 Å². The number of hydrogen-bond donors (Lipinski definition) is 3. The lowest BCUT2D eigenvalue weighted by Gasteiger charge is -2.41. The van der Waals surface area contributed by atoms with Crippen LogP contribution in [0.25, 0.3) is 0 Å². The maximum absolute atomic E-state index is 14.3. The van der Waals surface area contributed by atoms with Gasteiger partial charge in [0.1, 0.15) is 11.6 Å². The van der Waals surface area contributed by atoms with Gasteiger partial charge in [-0.3, -0.25) is 14.4 Å². The van der Waals surface area contributed by atoms with Crippen molar-refractivity contribution < 1.29 is 24.2 Å². The molecule has 216 valence electrons. The van der Waals surface area contributed by atoms with Crippen LogP contribution in [0.15, 0.2) is 30.3 Å². The molecule has 3 aliphatic heterocycles. The van der Waals surface area contributed by atoms with E-state index in [2.05, 4.69) is 31.4 Å². The number of aliphatic hydroxyl groups is 1. The predicted octanol–water partition coefficient (Wildman–Crippen LogP) is 3.42. The molecule has 0 saturated carbocycles. The van der Waals surface area contributed by atoms with Gasteiger partial charge in [-0.2, -0.15) is 0 Å². The zero-order chi connectivity index (χ0) is 28.8. The molecule has 7 atom stereocenters. The van der Waals surface area contributed by atoms with E-state index in [1.54, 1.807) is 4.90 Å². The molecule has 0 aliphatic carbocycles. The minimum absolute atomic E-state index is 0.0165. The van der Waals surface area contributed by atoms with E-state index in [1.807, 2.05) is 58.0 Å². The zero-order valence-corrected chi connectivity index (χ0v) is 24.6. The van der Waals surface area contributed by atoms with Gasteiger partial charge in [0, 0.05) is 12.1 Å². The Bertz CT molecular complexity index is 1070. The van der Waals surface area contributed by atoms with Gasteiger partial charge in [0.05, 0.1) is 30.6 Å². The van der Waals surface area contributed by atoms with Gasteiger partial charge >= 0.3 is 0 Å². The molecule has 2 unspecified atom stereocenters. The molecule has 1 aromatic carbocycles. The van der Waals surface area contributed by atoms with E-state index in [-0.39, 0.29) is 35.7 Å². The van der Waals surface area contributed by atoms with Crippen molar-refractivity contribution in [2.45, 2.75) is 110 Å². The van der Waals surface area contributed by atoms with Gasteiger partial charge in [-0.05, 0) is 50.0 Å². The number of benzene rings is 1. The van der Waals surface area contributed by atoms with E-state index in [9.17, 15) is 19.5 Å². The number of carbonyl (C=O) groups excluding carboxylic acids is 3. The lowest BCUT2D eigenvalue weighted by molar-refractivity contribution is -0.147. The summed E-state index contributed by atoms with van der Waals surface area (Å²) >= 11 is 0. The number of aliphatic hydroxyl groups excluding tert-OH is 1. The van der Waals surface area contributed by atoms with Crippen molar-refractivity contribution in [1.82, 2.24) is 15.5 Å². The van der Waals surface area contributed by atoms with Crippen LogP contribution in [0.3, 0.4) is 0 Å². The molecule has 1 aromatic rings. The third-order valence-corrected chi connectivity index (χ3v) is 8.88. The molecule has 3 aliphatic rings. The summed E-state index contributed by atoms with van der Waals surface area (Å²) in [5.41, 5.74) is -0.650. The molecule has 39 heavy (non-hydrogen) atoms. The van der Waals surface area contributed by atoms with E-state index >= 15 is 0 Å². The van der Waals surface area contributed by atoms with E-state index in [1.165, 1.54) is 0 Å². The fourth-order valence-electron chi connectivity index (χ4n) is 7.54. The first kappa shape index (κ1) is 29.5. The van der Waals surface area contributed by atoms with E-state index < -0.39 is 41.2 Å². The maximum atomic E-state index is 14.3. The van der Waals surface area contributed by atoms with Crippen LogP contribution >= 0.6 is 0 Å². The SMILES string of the molecule is CC[C@H](C)[C@H](CO)N1C(=O)[C@@H]2[C@@H](C(=O)NCc3ccccc3)[C@H]3CCC2(O3)C1C(=O)NC(C)(C)CC(C)(C)C. The molecule has 2 bridgehead atoms. The topological polar surface area (TPSA) is 108 Å². The number of hydrogen-bond acceptors (Lipinski definition) is 5. The van der Waals surface area contributed by atoms with Crippen LogP contribution in [-0.2, 0) is 25.7 Å². The van der Waals surface area contributed by atoms with Crippen LogP contribution < -0.4 is 10.6 Å². The first-order valence-electron chi connectivity index (χ1n) is 14.5. The van der Waals surface area contributed by atoms with Crippen molar-refractivity contribution in [1.29, 1.82) is 0 Å². The minimum Gasteiger partial charge on any atom is -0.394 e. The van der Waals surface area contributed by atoms with Crippen LogP contribution in [0.4, 0.5) is 0 Å². The van der Waals surface area contributed by atoms with E-state index in [0.29, 0.717) is 19.4 Å². The summed E-state index contributed by atoms with van der Waals surface area (Å²) in [5, 5.41) is 16.7. The van der Waals surface area contributed by atoms with Crippen LogP contribution in [-0.4, -0.2) is 63.7 Å². The van der Waals surface area contributed by atoms with Crippen molar-refractivity contribution >= 4 is 17.7 Å². The Morgan fingerprint density at radius 1 is 1.15 bits per heavy atom. The Hall–Kier alpha value is -2.45. The highest BCUT2D eigenvalue weighted by molar-refractivity contribution is 5.99. The van der Waals surface area contributed by atoms with Crippen molar-refractivity contribution in [3.8, 4) is 0 Å². The minimum atomic E-state index is -1.08. The van der Waals surface area contributed by atoms with Gasteiger partial charge < -0.3 is 25.4 Å². The van der Waals surface area contributed by atoms with Crippen LogP contribution in [0.1, 0.15) is 79.7 Å². The molecule has 3 saturated heterocycles. The van der Waals surface area contributed by atoms with E-state index in [4.69, 9.17) is 4.74 Å². The Kier molecular flexibility index (Phi) is 8.21. The molecule has 3 fully saturated rings. The molecule has 8 nitrogen and oxygen atoms in total. The summed E-state index contributed by atoms with van der Waals surface area (Å²) < 4.78 is 6.56. The summed E-state index contributed by atoms with van der Waals surface area (Å²) in [6, 6.07) is 8.20. The van der Waals surface area contributed by atoms with Crippen molar-refractivity contribution in [2.24, 2.45) is 23.2 Å². The Morgan fingerprint density at radius 3 is 2.41 bits per heavy atom. The third kappa shape index (κ3) is 5.60. The fourth-order valence-corrected chi connectivity index (χ4v) is 7.54. The number of likely N-dealkylation sites (tertiary alicyclic amines) is 1. The number of fused-ring (bicyclic) bond motifs is 1. The first-order valence-corrected chi connectivity index (χ1v) is 14.5. The second-order valence-corrected chi connectivity index (χ2v) is 13.8. The Morgan fingerprint density at radius 2 is 1.82 bits per heavy atom. The molecule has 4 rings (SSSR count). The quantitative estimate of drug-likeness (QED) is 0.421. The predicted molar refractivity (Wildman–Crippen MR) is 149 cm³/mol. The molecule has 8 heteroatoms. The van der Waals surface area contributed by atoms with Gasteiger partial charge in [-0.15, -0.1) is 0 Å². The normalized spacial score (nSPS) is 29.7. The summed E-state index contributed by atoms with van der Waals surface area (Å²) in [6.07, 6.45) is 2.21. The van der Waals surface area contributed by atoms with Crippen molar-refractivity contribution in [3.05, 3.63) is 35.9 Å². The molecule has 3 heterocycles. The van der Waals surface area contributed by atoms with Gasteiger partial charge in [-0.1, -0.05) is 71.4 Å². The second-order valence-electron chi connectivity index (χ2n) is 13.8. The molecule has 0 radical (unpaired) electrons. The number of nitrogens with one attached hydrogen (secondary N) is 2. The van der Waals surface area contributed by atoms with Crippen LogP contribution in [0, 0.1) is 23.2 Å². The highest BCUT2D eigenvalue weighted by Gasteiger charge is 2.75. The number of ether oxygens (including phenoxy) is 1. The van der Waals surface area contributed by atoms with E-state index in [0.717, 1.165) is 18.4 Å². The Balaban J connectivity index is 1.67. The summed E-state index contributed by atoms with van der Waals surface area (Å²) in [5.74, 6) is -2.21. The second kappa shape index (κ2) is 10.8. The highest BCUT2D eigenvalue weighted by Crippen LogP contribution is 2.59. The molecular formula is C31H47N3O5. The summed E-state index contributed by atoms with van der Waals surface area (Å²) in [7, 11) is 0. The smallest absolute Gasteiger partial charge is 0.246 e. The van der Waals surface area contributed by atoms with Gasteiger partial charge in [0.2, 0.25) is 17.7 Å². The molecular weight excluding hydrogens is 494 g/mol. The fraction of sp³-hybridized carbons (Fsp3) is 0.710. The lowest BCUT2D eigenvalue weighted by atomic mass is 9.70. The monoisotopic (exact) mass is 541 g/mol. The third-order valence-electron chi connectivity index (χ3n) is 8.88. The van der Waals surface area contributed by atoms with Crippen LogP contribution in [0.2, 0.25) is 0 Å². The zero-order valence-electron chi connectivity index (χ0n) is 24.6. The van der Waals surface area contributed by atoms with Gasteiger partial charge in [-0.25, -0.2) is 0 Å². The number of nitrogens with zero attached hydrogens (tertiary/aromatic N) is 1. The highest BCUT2D eigenvalue weighted by atomic mass is 16.5. The summed E-state index contributed by atoms with van der Waals surface area (Å²) in [6.45, 7) is 14.5. The maximum Gasteiger partial charge on any atom is 0.246 e. The molecule has 3 N–H and O–H groups in total. The lowest BCUT2D eigenvalue weighted by Crippen LogP contribution is -2.62. The molecule has 0 aromatic heterocycles. The molecule has 1 spiro atoms. The van der Waals surface area contributed by atoms with Gasteiger partial charge in [0.25, 0.3) is 0 Å². The first-order chi connectivity index (χ1) is 18.2. The number of amides is 3. The number of rotatable bonds is 10. The van der Waals surface area contributed by atoms with Crippen molar-refractivity contribution in [3.63, 3.8) is 0 Å². The average Bonchev–Trinajstić information content (AvgIpc) is 3.49. The average molecular weight is 542 g/mol. The standard InChI is InChI=1S/C31H47N3O5/c1-8-19(2)21(17-35)34-25(27(37)33-30(6,7)18-29(3,4)5)31-15-14-22(39-31)23(24(31)28(34)38)26(36)32-16-20-12-10-9-11-13-20/h9-13,19,21-25,35H,8,14-18H2,1-7H3,(H,32,36)(H,33,37)/t19-,21-,22+,23-,24-,25?,31?/m0/s1. The molecule has 3 amide bonds. The summed E-state index contributed by atoms with van der Waals surface area (Å²) in [4.78, 5) is 43.6. The van der Waals surface area contributed by atoms with Crippen molar-refractivity contribution in [2.75, 3.05) is 6.61 Å². The van der Waals surface area contributed by atoms with Crippen LogP contribution in [0.5, 0.6) is 0 Å². The number of carbonyl (C=O) groups is 3. The Labute approximate surface area is 233 Å².